The fourth-order valence-electron chi connectivity index (χ4n) is 3.00. The maximum Gasteiger partial charge on any atom is 0.257 e. The summed E-state index contributed by atoms with van der Waals surface area (Å²) in [4.78, 5) is 17.1. The van der Waals surface area contributed by atoms with Gasteiger partial charge >= 0.3 is 0 Å². The maximum atomic E-state index is 12.7. The van der Waals surface area contributed by atoms with E-state index in [-0.39, 0.29) is 10.5 Å². The monoisotopic (exact) mass is 421 g/mol. The molecule has 1 amide bonds. The zero-order valence-electron chi connectivity index (χ0n) is 14.2. The highest BCUT2D eigenvalue weighted by Crippen LogP contribution is 2.29. The van der Waals surface area contributed by atoms with E-state index in [1.165, 1.54) is 27.8 Å². The van der Waals surface area contributed by atoms with E-state index in [4.69, 9.17) is 11.6 Å². The molecule has 2 heterocycles. The number of fused-ring (bicyclic) bond motifs is 1. The Morgan fingerprint density at radius 2 is 1.93 bits per heavy atom. The third-order valence-corrected chi connectivity index (χ3v) is 7.43. The Morgan fingerprint density at radius 3 is 2.70 bits per heavy atom. The first-order chi connectivity index (χ1) is 12.9. The summed E-state index contributed by atoms with van der Waals surface area (Å²) in [5.41, 5.74) is 1.01. The molecule has 0 atom stereocenters. The summed E-state index contributed by atoms with van der Waals surface area (Å²) in [6.45, 7) is 1.04. The molecule has 1 aliphatic heterocycles. The van der Waals surface area contributed by atoms with Crippen molar-refractivity contribution < 1.29 is 13.2 Å². The number of carbonyl (C=O) groups excluding carboxylic acids is 1. The number of nitrogens with zero attached hydrogens (tertiary/aromatic N) is 2. The van der Waals surface area contributed by atoms with Gasteiger partial charge in [-0.15, -0.1) is 0 Å². The molecule has 1 fully saturated rings. The first-order valence-electron chi connectivity index (χ1n) is 8.41. The summed E-state index contributed by atoms with van der Waals surface area (Å²) in [6.07, 6.45) is 1.72. The number of halogens is 1. The molecule has 2 aromatic carbocycles. The van der Waals surface area contributed by atoms with Gasteiger partial charge < -0.3 is 0 Å². The number of carbonyl (C=O) groups is 1. The lowest BCUT2D eigenvalue weighted by atomic mass is 10.2. The highest BCUT2D eigenvalue weighted by molar-refractivity contribution is 7.89. The zero-order chi connectivity index (χ0) is 19.0. The molecule has 0 unspecified atom stereocenters. The number of hydrogen-bond donors (Lipinski definition) is 1. The Hall–Kier alpha value is -2.00. The Labute approximate surface area is 165 Å². The summed E-state index contributed by atoms with van der Waals surface area (Å²) >= 11 is 7.28. The van der Waals surface area contributed by atoms with Crippen molar-refractivity contribution in [3.05, 3.63) is 53.1 Å². The largest absolute Gasteiger partial charge is 0.298 e. The molecule has 4 rings (SSSR count). The van der Waals surface area contributed by atoms with Crippen LogP contribution in [0, 0.1) is 0 Å². The van der Waals surface area contributed by atoms with Gasteiger partial charge in [-0.2, -0.15) is 4.31 Å². The number of thiazole rings is 1. The Bertz CT molecular complexity index is 1120. The molecule has 1 aliphatic rings. The van der Waals surface area contributed by atoms with Gasteiger partial charge in [-0.25, -0.2) is 13.4 Å². The van der Waals surface area contributed by atoms with Crippen molar-refractivity contribution in [1.29, 1.82) is 0 Å². The van der Waals surface area contributed by atoms with Gasteiger partial charge in [-0.05, 0) is 49.2 Å². The van der Waals surface area contributed by atoms with E-state index in [0.717, 1.165) is 23.1 Å². The second kappa shape index (κ2) is 7.20. The molecule has 6 nitrogen and oxygen atoms in total. The van der Waals surface area contributed by atoms with Crippen molar-refractivity contribution in [1.82, 2.24) is 9.29 Å². The SMILES string of the molecule is O=C(Nc1nc2ccc(Cl)cc2s1)c1cccc(S(=O)(=O)N2CCCC2)c1. The van der Waals surface area contributed by atoms with Gasteiger partial charge in [0.2, 0.25) is 10.0 Å². The van der Waals surface area contributed by atoms with Crippen molar-refractivity contribution in [2.24, 2.45) is 0 Å². The van der Waals surface area contributed by atoms with E-state index in [2.05, 4.69) is 10.3 Å². The number of hydrogen-bond acceptors (Lipinski definition) is 5. The Balaban J connectivity index is 1.58. The van der Waals surface area contributed by atoms with E-state index >= 15 is 0 Å². The molecule has 1 saturated heterocycles. The molecular formula is C18H16ClN3O3S2. The van der Waals surface area contributed by atoms with E-state index in [0.29, 0.717) is 23.2 Å². The van der Waals surface area contributed by atoms with Crippen molar-refractivity contribution in [3.63, 3.8) is 0 Å². The topological polar surface area (TPSA) is 79.4 Å². The molecule has 0 aliphatic carbocycles. The normalized spacial score (nSPS) is 15.3. The molecular weight excluding hydrogens is 406 g/mol. The number of anilines is 1. The number of aromatic nitrogens is 1. The first-order valence-corrected chi connectivity index (χ1v) is 11.0. The molecule has 27 heavy (non-hydrogen) atoms. The minimum Gasteiger partial charge on any atom is -0.298 e. The van der Waals surface area contributed by atoms with Gasteiger partial charge in [0.05, 0.1) is 15.1 Å². The van der Waals surface area contributed by atoms with Crippen molar-refractivity contribution >= 4 is 54.2 Å². The molecule has 0 spiro atoms. The van der Waals surface area contributed by atoms with Gasteiger partial charge in [0.1, 0.15) is 0 Å². The molecule has 1 N–H and O–H groups in total. The minimum absolute atomic E-state index is 0.133. The number of rotatable bonds is 4. The predicted molar refractivity (Wildman–Crippen MR) is 107 cm³/mol. The summed E-state index contributed by atoms with van der Waals surface area (Å²) in [6, 6.07) is 11.4. The van der Waals surface area contributed by atoms with Gasteiger partial charge in [0.25, 0.3) is 5.91 Å². The van der Waals surface area contributed by atoms with E-state index in [1.54, 1.807) is 30.3 Å². The fraction of sp³-hybridized carbons (Fsp3) is 0.222. The average molecular weight is 422 g/mol. The molecule has 1 aromatic heterocycles. The number of nitrogens with one attached hydrogen (secondary N) is 1. The van der Waals surface area contributed by atoms with Gasteiger partial charge in [-0.3, -0.25) is 10.1 Å². The van der Waals surface area contributed by atoms with Crippen LogP contribution in [0.25, 0.3) is 10.2 Å². The molecule has 0 radical (unpaired) electrons. The number of sulfonamides is 1. The van der Waals surface area contributed by atoms with Crippen LogP contribution in [0.3, 0.4) is 0 Å². The highest BCUT2D eigenvalue weighted by atomic mass is 35.5. The van der Waals surface area contributed by atoms with Crippen LogP contribution in [-0.2, 0) is 10.0 Å². The van der Waals surface area contributed by atoms with Crippen LogP contribution >= 0.6 is 22.9 Å². The molecule has 140 valence electrons. The van der Waals surface area contributed by atoms with Crippen LogP contribution in [0.1, 0.15) is 23.2 Å². The van der Waals surface area contributed by atoms with Crippen LogP contribution in [-0.4, -0.2) is 36.7 Å². The van der Waals surface area contributed by atoms with Crippen molar-refractivity contribution in [2.45, 2.75) is 17.7 Å². The first kappa shape index (κ1) is 18.4. The molecule has 9 heteroatoms. The quantitative estimate of drug-likeness (QED) is 0.690. The smallest absolute Gasteiger partial charge is 0.257 e. The van der Waals surface area contributed by atoms with E-state index in [9.17, 15) is 13.2 Å². The van der Waals surface area contributed by atoms with Crippen LogP contribution in [0.2, 0.25) is 5.02 Å². The Kier molecular flexibility index (Phi) is 4.90. The standard InChI is InChI=1S/C18H16ClN3O3S2/c19-13-6-7-15-16(11-13)26-18(20-15)21-17(23)12-4-3-5-14(10-12)27(24,25)22-8-1-2-9-22/h3-7,10-11H,1-2,8-9H2,(H,20,21,23). The highest BCUT2D eigenvalue weighted by Gasteiger charge is 2.27. The van der Waals surface area contributed by atoms with Crippen LogP contribution in [0.15, 0.2) is 47.4 Å². The van der Waals surface area contributed by atoms with Crippen LogP contribution < -0.4 is 5.32 Å². The van der Waals surface area contributed by atoms with Crippen molar-refractivity contribution in [2.75, 3.05) is 18.4 Å². The average Bonchev–Trinajstić information content (AvgIpc) is 3.31. The lowest BCUT2D eigenvalue weighted by molar-refractivity contribution is 0.102. The predicted octanol–water partition coefficient (Wildman–Crippen LogP) is 3.99. The fourth-order valence-corrected chi connectivity index (χ4v) is 5.70. The number of benzene rings is 2. The van der Waals surface area contributed by atoms with Gasteiger partial charge in [0.15, 0.2) is 5.13 Å². The van der Waals surface area contributed by atoms with Crippen LogP contribution in [0.5, 0.6) is 0 Å². The van der Waals surface area contributed by atoms with Crippen LogP contribution in [0.4, 0.5) is 5.13 Å². The molecule has 0 saturated carbocycles. The summed E-state index contributed by atoms with van der Waals surface area (Å²) in [7, 11) is -3.57. The maximum absolute atomic E-state index is 12.7. The lowest BCUT2D eigenvalue weighted by Crippen LogP contribution is -2.28. The molecule has 0 bridgehead atoms. The van der Waals surface area contributed by atoms with Gasteiger partial charge in [0, 0.05) is 23.7 Å². The summed E-state index contributed by atoms with van der Waals surface area (Å²) < 4.78 is 27.7. The van der Waals surface area contributed by atoms with Gasteiger partial charge in [-0.1, -0.05) is 29.0 Å². The van der Waals surface area contributed by atoms with E-state index < -0.39 is 15.9 Å². The summed E-state index contributed by atoms with van der Waals surface area (Å²) in [5.74, 6) is -0.404. The van der Waals surface area contributed by atoms with Crippen molar-refractivity contribution in [3.8, 4) is 0 Å². The Morgan fingerprint density at radius 1 is 1.15 bits per heavy atom. The second-order valence-electron chi connectivity index (χ2n) is 6.22. The molecule has 3 aromatic rings. The third kappa shape index (κ3) is 3.70. The third-order valence-electron chi connectivity index (χ3n) is 4.37. The van der Waals surface area contributed by atoms with E-state index in [1.807, 2.05) is 0 Å². The second-order valence-corrected chi connectivity index (χ2v) is 9.63. The lowest BCUT2D eigenvalue weighted by Gasteiger charge is -2.15. The zero-order valence-corrected chi connectivity index (χ0v) is 16.6. The summed E-state index contributed by atoms with van der Waals surface area (Å²) in [5, 5.41) is 3.77. The minimum atomic E-state index is -3.57. The number of amides is 1.